The van der Waals surface area contributed by atoms with Crippen molar-refractivity contribution in [1.82, 2.24) is 24.8 Å². The highest BCUT2D eigenvalue weighted by Crippen LogP contribution is 2.32. The van der Waals surface area contributed by atoms with Crippen LogP contribution in [0.3, 0.4) is 0 Å². The number of carbonyl (C=O) groups is 1. The molecule has 0 radical (unpaired) electrons. The Morgan fingerprint density at radius 2 is 2.22 bits per heavy atom. The molecule has 2 aromatic heterocycles. The largest absolute Gasteiger partial charge is 0.340 e. The number of fused-ring (bicyclic) bond motifs is 1. The number of rotatable bonds is 2. The van der Waals surface area contributed by atoms with E-state index in [0.29, 0.717) is 6.54 Å². The predicted molar refractivity (Wildman–Crippen MR) is 85.3 cm³/mol. The summed E-state index contributed by atoms with van der Waals surface area (Å²) in [5, 5.41) is 0. The quantitative estimate of drug-likeness (QED) is 0.674. The Morgan fingerprint density at radius 3 is 2.96 bits per heavy atom. The third-order valence-corrected chi connectivity index (χ3v) is 4.39. The molecule has 1 aliphatic heterocycles. The highest BCUT2D eigenvalue weighted by atomic mass is 16.2. The zero-order chi connectivity index (χ0) is 16.0. The average molecular weight is 311 g/mol. The van der Waals surface area contributed by atoms with Gasteiger partial charge < -0.3 is 19.9 Å². The lowest BCUT2D eigenvalue weighted by Gasteiger charge is -2.22. The van der Waals surface area contributed by atoms with Crippen LogP contribution in [0.15, 0.2) is 29.2 Å². The van der Waals surface area contributed by atoms with E-state index >= 15 is 0 Å². The molecular weight excluding hydrogens is 294 g/mol. The van der Waals surface area contributed by atoms with Crippen molar-refractivity contribution in [3.05, 3.63) is 52.0 Å². The maximum atomic E-state index is 12.6. The molecule has 7 nitrogen and oxygen atoms in total. The Hall–Kier alpha value is -2.83. The fourth-order valence-corrected chi connectivity index (χ4v) is 3.25. The second kappa shape index (κ2) is 5.12. The van der Waals surface area contributed by atoms with E-state index in [1.54, 1.807) is 4.90 Å². The van der Waals surface area contributed by atoms with Crippen molar-refractivity contribution in [2.45, 2.75) is 25.8 Å². The van der Waals surface area contributed by atoms with Gasteiger partial charge in [-0.25, -0.2) is 9.78 Å². The summed E-state index contributed by atoms with van der Waals surface area (Å²) in [5.41, 5.74) is 2.94. The summed E-state index contributed by atoms with van der Waals surface area (Å²) in [5.74, 6) is 0.626. The first-order valence-corrected chi connectivity index (χ1v) is 7.67. The fraction of sp³-hybridized carbons (Fsp3) is 0.312. The standard InChI is InChI=1S/C16H17N5O2/c1-9-4-2-5-10-13(9)20-14(18-10)12-6-3-7-21(12)15(22)11-8-17-16(23)19-11/h2,4-5,8,12H,3,6-7H2,1H3,(H,18,20)(H2,17,19,23). The van der Waals surface area contributed by atoms with Gasteiger partial charge in [-0.15, -0.1) is 0 Å². The molecule has 0 bridgehead atoms. The molecular formula is C16H17N5O2. The van der Waals surface area contributed by atoms with Crippen molar-refractivity contribution in [1.29, 1.82) is 0 Å². The van der Waals surface area contributed by atoms with Crippen LogP contribution in [0.1, 0.15) is 40.8 Å². The Labute approximate surface area is 131 Å². The number of benzene rings is 1. The maximum Gasteiger partial charge on any atom is 0.323 e. The number of aromatic amines is 3. The van der Waals surface area contributed by atoms with Crippen LogP contribution in [-0.4, -0.2) is 37.3 Å². The van der Waals surface area contributed by atoms with E-state index in [-0.39, 0.29) is 23.3 Å². The van der Waals surface area contributed by atoms with Crippen LogP contribution in [0.5, 0.6) is 0 Å². The average Bonchev–Trinajstić information content (AvgIpc) is 3.24. The molecule has 3 N–H and O–H groups in total. The van der Waals surface area contributed by atoms with Crippen molar-refractivity contribution in [2.75, 3.05) is 6.54 Å². The molecule has 3 heterocycles. The van der Waals surface area contributed by atoms with Gasteiger partial charge >= 0.3 is 5.69 Å². The number of H-pyrrole nitrogens is 3. The van der Waals surface area contributed by atoms with Gasteiger partial charge in [0.2, 0.25) is 0 Å². The minimum absolute atomic E-state index is 0.0901. The number of aromatic nitrogens is 4. The Balaban J connectivity index is 1.70. The highest BCUT2D eigenvalue weighted by Gasteiger charge is 2.33. The number of nitrogens with zero attached hydrogens (tertiary/aromatic N) is 2. The van der Waals surface area contributed by atoms with Gasteiger partial charge in [-0.05, 0) is 31.4 Å². The summed E-state index contributed by atoms with van der Waals surface area (Å²) in [4.78, 5) is 38.6. The number of imidazole rings is 2. The summed E-state index contributed by atoms with van der Waals surface area (Å²) in [6, 6.07) is 5.91. The molecule has 3 aromatic rings. The van der Waals surface area contributed by atoms with Crippen molar-refractivity contribution in [3.63, 3.8) is 0 Å². The Bertz CT molecular complexity index is 935. The van der Waals surface area contributed by atoms with Gasteiger partial charge in [-0.3, -0.25) is 4.79 Å². The Morgan fingerprint density at radius 1 is 1.35 bits per heavy atom. The molecule has 1 fully saturated rings. The third-order valence-electron chi connectivity index (χ3n) is 4.39. The van der Waals surface area contributed by atoms with E-state index in [1.807, 2.05) is 25.1 Å². The first kappa shape index (κ1) is 13.8. The van der Waals surface area contributed by atoms with E-state index < -0.39 is 0 Å². The molecule has 0 saturated carbocycles. The topological polar surface area (TPSA) is 97.6 Å². The Kier molecular flexibility index (Phi) is 3.07. The molecule has 7 heteroatoms. The van der Waals surface area contributed by atoms with E-state index in [1.165, 1.54) is 6.20 Å². The number of aryl methyl sites for hydroxylation is 1. The summed E-state index contributed by atoms with van der Waals surface area (Å²) >= 11 is 0. The minimum Gasteiger partial charge on any atom is -0.340 e. The van der Waals surface area contributed by atoms with Gasteiger partial charge in [0.1, 0.15) is 11.5 Å². The van der Waals surface area contributed by atoms with Gasteiger partial charge in [-0.1, -0.05) is 12.1 Å². The van der Waals surface area contributed by atoms with E-state index in [4.69, 9.17) is 4.98 Å². The number of hydrogen-bond acceptors (Lipinski definition) is 3. The van der Waals surface area contributed by atoms with Crippen LogP contribution in [-0.2, 0) is 0 Å². The smallest absolute Gasteiger partial charge is 0.323 e. The van der Waals surface area contributed by atoms with E-state index in [2.05, 4.69) is 15.0 Å². The lowest BCUT2D eigenvalue weighted by molar-refractivity contribution is 0.0725. The van der Waals surface area contributed by atoms with Gasteiger partial charge in [0.25, 0.3) is 5.91 Å². The molecule has 1 unspecified atom stereocenters. The summed E-state index contributed by atoms with van der Waals surface area (Å²) in [7, 11) is 0. The number of hydrogen-bond donors (Lipinski definition) is 3. The van der Waals surface area contributed by atoms with Crippen LogP contribution >= 0.6 is 0 Å². The zero-order valence-electron chi connectivity index (χ0n) is 12.7. The lowest BCUT2D eigenvalue weighted by atomic mass is 10.2. The van der Waals surface area contributed by atoms with E-state index in [9.17, 15) is 9.59 Å². The van der Waals surface area contributed by atoms with Gasteiger partial charge in [-0.2, -0.15) is 0 Å². The van der Waals surface area contributed by atoms with Gasteiger partial charge in [0.15, 0.2) is 0 Å². The maximum absolute atomic E-state index is 12.6. The first-order chi connectivity index (χ1) is 11.1. The molecule has 0 spiro atoms. The van der Waals surface area contributed by atoms with Crippen LogP contribution in [0, 0.1) is 6.92 Å². The zero-order valence-corrected chi connectivity index (χ0v) is 12.7. The predicted octanol–water partition coefficient (Wildman–Crippen LogP) is 1.87. The molecule has 1 saturated heterocycles. The molecule has 23 heavy (non-hydrogen) atoms. The summed E-state index contributed by atoms with van der Waals surface area (Å²) in [6.45, 7) is 2.68. The number of carbonyl (C=O) groups excluding carboxylic acids is 1. The van der Waals surface area contributed by atoms with Crippen molar-refractivity contribution in [3.8, 4) is 0 Å². The SMILES string of the molecule is Cc1cccc2[nH]c(C3CCCN3C(=O)c3c[nH]c(=O)[nH]3)nc12. The molecule has 0 aliphatic carbocycles. The minimum atomic E-state index is -0.372. The monoisotopic (exact) mass is 311 g/mol. The summed E-state index contributed by atoms with van der Waals surface area (Å²) < 4.78 is 0. The molecule has 4 rings (SSSR count). The molecule has 1 amide bonds. The number of amides is 1. The van der Waals surface area contributed by atoms with Crippen LogP contribution in [0.4, 0.5) is 0 Å². The fourth-order valence-electron chi connectivity index (χ4n) is 3.25. The number of para-hydroxylation sites is 1. The molecule has 118 valence electrons. The first-order valence-electron chi connectivity index (χ1n) is 7.67. The number of nitrogens with one attached hydrogen (secondary N) is 3. The van der Waals surface area contributed by atoms with Gasteiger partial charge in [0, 0.05) is 12.7 Å². The van der Waals surface area contributed by atoms with Crippen LogP contribution in [0.2, 0.25) is 0 Å². The normalized spacial score (nSPS) is 18.0. The number of likely N-dealkylation sites (tertiary alicyclic amines) is 1. The van der Waals surface area contributed by atoms with E-state index in [0.717, 1.165) is 35.3 Å². The van der Waals surface area contributed by atoms with Crippen LogP contribution in [0.25, 0.3) is 11.0 Å². The van der Waals surface area contributed by atoms with Crippen molar-refractivity contribution >= 4 is 16.9 Å². The molecule has 1 atom stereocenters. The third kappa shape index (κ3) is 2.25. The van der Waals surface area contributed by atoms with Crippen molar-refractivity contribution < 1.29 is 4.79 Å². The summed E-state index contributed by atoms with van der Waals surface area (Å²) in [6.07, 6.45) is 3.20. The highest BCUT2D eigenvalue weighted by molar-refractivity contribution is 5.92. The second-order valence-corrected chi connectivity index (χ2v) is 5.91. The molecule has 1 aliphatic rings. The second-order valence-electron chi connectivity index (χ2n) is 5.91. The molecule has 1 aromatic carbocycles. The van der Waals surface area contributed by atoms with Crippen molar-refractivity contribution in [2.24, 2.45) is 0 Å². The van der Waals surface area contributed by atoms with Gasteiger partial charge in [0.05, 0.1) is 17.1 Å². The van der Waals surface area contributed by atoms with Crippen LogP contribution < -0.4 is 5.69 Å². The lowest BCUT2D eigenvalue weighted by Crippen LogP contribution is -2.31.